The van der Waals surface area contributed by atoms with E-state index in [2.05, 4.69) is 5.32 Å². The van der Waals surface area contributed by atoms with Crippen LogP contribution in [0.15, 0.2) is 52.9 Å². The highest BCUT2D eigenvalue weighted by atomic mass is 32.2. The van der Waals surface area contributed by atoms with Crippen molar-refractivity contribution in [3.8, 4) is 0 Å². The Morgan fingerprint density at radius 1 is 1.07 bits per heavy atom. The van der Waals surface area contributed by atoms with Gasteiger partial charge in [-0.1, -0.05) is 30.0 Å². The predicted molar refractivity (Wildman–Crippen MR) is 169 cm³/mol. The van der Waals surface area contributed by atoms with E-state index < -0.39 is 34.3 Å². The van der Waals surface area contributed by atoms with Crippen LogP contribution in [0.5, 0.6) is 0 Å². The van der Waals surface area contributed by atoms with Crippen molar-refractivity contribution >= 4 is 68.1 Å². The van der Waals surface area contributed by atoms with Crippen LogP contribution in [0, 0.1) is 16.6 Å². The van der Waals surface area contributed by atoms with Crippen LogP contribution in [0.1, 0.15) is 49.8 Å². The summed E-state index contributed by atoms with van der Waals surface area (Å²) in [6.45, 7) is 3.16. The van der Waals surface area contributed by atoms with E-state index in [1.54, 1.807) is 43.5 Å². The summed E-state index contributed by atoms with van der Waals surface area (Å²) in [7, 11) is 2.27. The molecular formula is C31H35FN4O4S2. The van der Waals surface area contributed by atoms with E-state index in [0.717, 1.165) is 34.0 Å². The molecule has 0 heterocycles. The van der Waals surface area contributed by atoms with Crippen molar-refractivity contribution in [1.29, 1.82) is 10.8 Å². The molecule has 11 heteroatoms. The summed E-state index contributed by atoms with van der Waals surface area (Å²) < 4.78 is 26.0. The first-order chi connectivity index (χ1) is 19.8. The lowest BCUT2D eigenvalue weighted by atomic mass is 10.0. The first kappa shape index (κ1) is 32.8. The van der Waals surface area contributed by atoms with E-state index in [-0.39, 0.29) is 41.7 Å². The van der Waals surface area contributed by atoms with Gasteiger partial charge in [-0.05, 0) is 70.7 Å². The Morgan fingerprint density at radius 3 is 2.33 bits per heavy atom. The summed E-state index contributed by atoms with van der Waals surface area (Å²) in [5.74, 6) is -1.08. The number of amides is 1. The average Bonchev–Trinajstić information content (AvgIpc) is 3.15. The minimum atomic E-state index is -1.10. The first-order valence-electron chi connectivity index (χ1n) is 13.2. The molecule has 3 N–H and O–H groups in total. The van der Waals surface area contributed by atoms with Crippen LogP contribution in [-0.4, -0.2) is 69.6 Å². The van der Waals surface area contributed by atoms with Gasteiger partial charge >= 0.3 is 0 Å². The maximum Gasteiger partial charge on any atom is 0.217 e. The maximum absolute atomic E-state index is 14.3. The van der Waals surface area contributed by atoms with Gasteiger partial charge in [-0.3, -0.25) is 24.0 Å². The van der Waals surface area contributed by atoms with E-state index >= 15 is 0 Å². The van der Waals surface area contributed by atoms with Crippen molar-refractivity contribution in [2.75, 3.05) is 26.1 Å². The zero-order valence-corrected chi connectivity index (χ0v) is 25.9. The second kappa shape index (κ2) is 14.5. The van der Waals surface area contributed by atoms with Gasteiger partial charge in [0.25, 0.3) is 0 Å². The first-order valence-corrected chi connectivity index (χ1v) is 15.7. The van der Waals surface area contributed by atoms with Crippen LogP contribution < -0.4 is 5.32 Å². The number of ketones is 1. The van der Waals surface area contributed by atoms with Crippen molar-refractivity contribution in [2.24, 2.45) is 0 Å². The molecule has 8 nitrogen and oxygen atoms in total. The second-order valence-electron chi connectivity index (χ2n) is 10.3. The van der Waals surface area contributed by atoms with Crippen LogP contribution in [0.2, 0.25) is 0 Å². The lowest BCUT2D eigenvalue weighted by Gasteiger charge is -2.18. The fraction of sp³-hybridized carbons (Fsp3) is 0.323. The molecule has 222 valence electrons. The molecule has 1 aliphatic carbocycles. The van der Waals surface area contributed by atoms with Gasteiger partial charge in [-0.15, -0.1) is 0 Å². The molecule has 0 aliphatic heterocycles. The Kier molecular flexibility index (Phi) is 11.3. The standard InChI is InChI=1S/C31H35FN4O4S2/c1-18-25(12-20-6-9-23(10-7-20)42(5)40)24-11-8-21(32)13-27(24)26(18)16-31(39)41-17-28(35-19(2)37)29(38)14-22(33)15-30(34)36(3)4/h6-13,28,33-34H,14-17H2,1-5H3,(H,35,37)/b25-12-,33-22?,34-30?/t28-,42?/m1/s1. The molecule has 1 aliphatic rings. The number of thioether (sulfide) groups is 1. The van der Waals surface area contributed by atoms with Crippen molar-refractivity contribution in [1.82, 2.24) is 10.2 Å². The van der Waals surface area contributed by atoms with Crippen LogP contribution in [0.4, 0.5) is 4.39 Å². The number of amidine groups is 1. The summed E-state index contributed by atoms with van der Waals surface area (Å²) in [5, 5.41) is 18.3. The number of fused-ring (bicyclic) bond motifs is 1. The third-order valence-electron chi connectivity index (χ3n) is 6.78. The Labute approximate surface area is 252 Å². The highest BCUT2D eigenvalue weighted by Gasteiger charge is 2.27. The van der Waals surface area contributed by atoms with Gasteiger partial charge in [0.05, 0.1) is 6.04 Å². The van der Waals surface area contributed by atoms with Crippen LogP contribution in [0.3, 0.4) is 0 Å². The number of hydrogen-bond acceptors (Lipinski definition) is 7. The summed E-state index contributed by atoms with van der Waals surface area (Å²) in [6, 6.07) is 10.8. The minimum Gasteiger partial charge on any atom is -0.366 e. The van der Waals surface area contributed by atoms with Gasteiger partial charge in [-0.2, -0.15) is 0 Å². The number of benzene rings is 2. The molecule has 0 spiro atoms. The SMILES string of the molecule is CC(=O)N[C@H](CSC(=O)CC1=C(C)/C(=C/c2ccc(S(C)=O)cc2)c2ccc(F)cc21)C(=O)CC(=N)CC(=N)N(C)C. The van der Waals surface area contributed by atoms with Crippen molar-refractivity contribution in [3.05, 3.63) is 70.5 Å². The average molecular weight is 611 g/mol. The molecule has 42 heavy (non-hydrogen) atoms. The van der Waals surface area contributed by atoms with E-state index in [1.165, 1.54) is 19.1 Å². The lowest BCUT2D eigenvalue weighted by molar-refractivity contribution is -0.125. The zero-order valence-electron chi connectivity index (χ0n) is 24.3. The fourth-order valence-electron chi connectivity index (χ4n) is 4.49. The molecule has 2 atom stereocenters. The molecule has 1 unspecified atom stereocenters. The monoisotopic (exact) mass is 610 g/mol. The van der Waals surface area contributed by atoms with Gasteiger partial charge in [-0.25, -0.2) is 4.39 Å². The van der Waals surface area contributed by atoms with Crippen molar-refractivity contribution < 1.29 is 23.0 Å². The van der Waals surface area contributed by atoms with Crippen LogP contribution >= 0.6 is 11.8 Å². The number of carbonyl (C=O) groups is 3. The fourth-order valence-corrected chi connectivity index (χ4v) is 5.88. The van der Waals surface area contributed by atoms with Gasteiger partial charge in [0.1, 0.15) is 11.7 Å². The van der Waals surface area contributed by atoms with Gasteiger partial charge in [0.2, 0.25) is 5.91 Å². The number of rotatable bonds is 12. The summed E-state index contributed by atoms with van der Waals surface area (Å²) in [6.07, 6.45) is 3.33. The number of nitrogens with zero attached hydrogens (tertiary/aromatic N) is 1. The summed E-state index contributed by atoms with van der Waals surface area (Å²) in [5.41, 5.74) is 4.73. The molecule has 0 aromatic heterocycles. The predicted octanol–water partition coefficient (Wildman–Crippen LogP) is 4.95. The minimum absolute atomic E-state index is 0.00511. The molecule has 1 amide bonds. The molecule has 0 bridgehead atoms. The van der Waals surface area contributed by atoms with E-state index in [0.29, 0.717) is 16.0 Å². The number of halogens is 1. The normalized spacial score (nSPS) is 14.8. The Balaban J connectivity index is 1.77. The lowest BCUT2D eigenvalue weighted by Crippen LogP contribution is -2.42. The molecule has 0 saturated carbocycles. The number of Topliss-reactive ketones (excluding diaryl/α,β-unsaturated/α-hetero) is 1. The smallest absolute Gasteiger partial charge is 0.217 e. The highest BCUT2D eigenvalue weighted by molar-refractivity contribution is 8.13. The van der Waals surface area contributed by atoms with E-state index in [9.17, 15) is 23.0 Å². The second-order valence-corrected chi connectivity index (χ2v) is 12.7. The van der Waals surface area contributed by atoms with E-state index in [4.69, 9.17) is 10.8 Å². The number of carbonyl (C=O) groups excluding carboxylic acids is 3. The van der Waals surface area contributed by atoms with Crippen molar-refractivity contribution in [3.63, 3.8) is 0 Å². The largest absolute Gasteiger partial charge is 0.366 e. The third-order valence-corrected chi connectivity index (χ3v) is 8.69. The zero-order chi connectivity index (χ0) is 31.1. The summed E-state index contributed by atoms with van der Waals surface area (Å²) >= 11 is 0.906. The third kappa shape index (κ3) is 8.65. The number of hydrogen-bond donors (Lipinski definition) is 3. The van der Waals surface area contributed by atoms with Crippen molar-refractivity contribution in [2.45, 2.75) is 44.0 Å². The number of allylic oxidation sites excluding steroid dienone is 3. The van der Waals surface area contributed by atoms with Crippen LogP contribution in [0.25, 0.3) is 17.2 Å². The highest BCUT2D eigenvalue weighted by Crippen LogP contribution is 2.44. The molecular weight excluding hydrogens is 575 g/mol. The topological polar surface area (TPSA) is 131 Å². The Hall–Kier alpha value is -3.70. The molecule has 3 rings (SSSR count). The quantitative estimate of drug-likeness (QED) is 0.230. The molecule has 0 saturated heterocycles. The molecule has 2 aromatic carbocycles. The summed E-state index contributed by atoms with van der Waals surface area (Å²) in [4.78, 5) is 40.1. The number of nitrogens with one attached hydrogen (secondary N) is 3. The molecule has 0 radical (unpaired) electrons. The van der Waals surface area contributed by atoms with Crippen LogP contribution in [-0.2, 0) is 25.2 Å². The molecule has 0 fully saturated rings. The maximum atomic E-state index is 14.3. The van der Waals surface area contributed by atoms with Gasteiger partial charge in [0.15, 0.2) is 10.9 Å². The Morgan fingerprint density at radius 2 is 1.74 bits per heavy atom. The van der Waals surface area contributed by atoms with Gasteiger partial charge < -0.3 is 15.6 Å². The Bertz CT molecular complexity index is 1510. The van der Waals surface area contributed by atoms with Gasteiger partial charge in [0, 0.05) is 73.7 Å². The molecule has 2 aromatic rings. The van der Waals surface area contributed by atoms with E-state index in [1.807, 2.05) is 25.1 Å².